The average Bonchev–Trinajstić information content (AvgIpc) is 1.94. The topological polar surface area (TPSA) is 17.1 Å². The normalized spacial score (nSPS) is 9.73. The predicted molar refractivity (Wildman–Crippen MR) is 49.1 cm³/mol. The van der Waals surface area contributed by atoms with Gasteiger partial charge in [0.05, 0.1) is 0 Å². The monoisotopic (exact) mass is 264 g/mol. The Bertz CT molecular complexity index is 296. The Labute approximate surface area is 77.8 Å². The third-order valence-corrected chi connectivity index (χ3v) is 2.25. The van der Waals surface area contributed by atoms with Crippen LogP contribution in [0.5, 0.6) is 0 Å². The van der Waals surface area contributed by atoms with Crippen molar-refractivity contribution in [2.75, 3.05) is 0 Å². The van der Waals surface area contributed by atoms with Crippen LogP contribution in [-0.4, -0.2) is 5.78 Å². The van der Waals surface area contributed by atoms with E-state index in [0.29, 0.717) is 5.56 Å². The van der Waals surface area contributed by atoms with E-state index in [9.17, 15) is 9.18 Å². The van der Waals surface area contributed by atoms with Crippen molar-refractivity contribution in [3.63, 3.8) is 0 Å². The summed E-state index contributed by atoms with van der Waals surface area (Å²) in [7, 11) is 0. The number of Topliss-reactive ketones (excluding diaryl/α,β-unsaturated/α-hetero) is 1. The van der Waals surface area contributed by atoms with Crippen molar-refractivity contribution in [2.45, 2.75) is 6.92 Å². The summed E-state index contributed by atoms with van der Waals surface area (Å²) in [5.74, 6) is -0.468. The molecular formula is C8H6FIO. The molecule has 11 heavy (non-hydrogen) atoms. The van der Waals surface area contributed by atoms with Crippen molar-refractivity contribution in [2.24, 2.45) is 0 Å². The highest BCUT2D eigenvalue weighted by Gasteiger charge is 2.04. The first-order chi connectivity index (χ1) is 5.11. The summed E-state index contributed by atoms with van der Waals surface area (Å²) >= 11 is 2.00. The fourth-order valence-electron chi connectivity index (χ4n) is 0.767. The van der Waals surface area contributed by atoms with Crippen LogP contribution in [0.15, 0.2) is 18.2 Å². The number of hydrogen-bond donors (Lipinski definition) is 0. The molecule has 3 heteroatoms. The lowest BCUT2D eigenvalue weighted by Crippen LogP contribution is -1.96. The van der Waals surface area contributed by atoms with Gasteiger partial charge in [-0.1, -0.05) is 0 Å². The van der Waals surface area contributed by atoms with E-state index in [4.69, 9.17) is 0 Å². The molecule has 0 aliphatic carbocycles. The van der Waals surface area contributed by atoms with E-state index in [2.05, 4.69) is 0 Å². The first-order valence-electron chi connectivity index (χ1n) is 3.07. The van der Waals surface area contributed by atoms with Crippen LogP contribution in [0.25, 0.3) is 0 Å². The molecule has 0 heterocycles. The molecule has 0 bridgehead atoms. The molecule has 0 aliphatic rings. The Morgan fingerprint density at radius 3 is 2.64 bits per heavy atom. The molecule has 0 fully saturated rings. The molecule has 0 spiro atoms. The van der Waals surface area contributed by atoms with Gasteiger partial charge < -0.3 is 0 Å². The largest absolute Gasteiger partial charge is 0.294 e. The highest BCUT2D eigenvalue weighted by Crippen LogP contribution is 2.13. The van der Waals surface area contributed by atoms with Crippen molar-refractivity contribution in [3.05, 3.63) is 33.1 Å². The Balaban J connectivity index is 3.23. The Hall–Kier alpha value is -0.450. The van der Waals surface area contributed by atoms with Crippen molar-refractivity contribution in [3.8, 4) is 0 Å². The van der Waals surface area contributed by atoms with Crippen LogP contribution in [0.1, 0.15) is 17.3 Å². The van der Waals surface area contributed by atoms with Gasteiger partial charge in [0.25, 0.3) is 0 Å². The van der Waals surface area contributed by atoms with Crippen LogP contribution >= 0.6 is 22.6 Å². The van der Waals surface area contributed by atoms with Crippen LogP contribution < -0.4 is 0 Å². The summed E-state index contributed by atoms with van der Waals surface area (Å²) in [4.78, 5) is 10.8. The average molecular weight is 264 g/mol. The standard InChI is InChI=1S/C8H6FIO/c1-5(11)7-4-6(9)2-3-8(7)10/h2-4H,1H3. The minimum Gasteiger partial charge on any atom is -0.294 e. The molecule has 0 N–H and O–H groups in total. The van der Waals surface area contributed by atoms with Crippen LogP contribution in [-0.2, 0) is 0 Å². The van der Waals surface area contributed by atoms with Gasteiger partial charge in [0.15, 0.2) is 5.78 Å². The van der Waals surface area contributed by atoms with Gasteiger partial charge in [-0.15, -0.1) is 0 Å². The number of ketones is 1. The molecule has 58 valence electrons. The third-order valence-electron chi connectivity index (χ3n) is 1.31. The molecule has 0 amide bonds. The first kappa shape index (κ1) is 8.64. The molecule has 1 aromatic carbocycles. The van der Waals surface area contributed by atoms with E-state index in [1.54, 1.807) is 6.07 Å². The zero-order valence-corrected chi connectivity index (χ0v) is 8.05. The number of carbonyl (C=O) groups excluding carboxylic acids is 1. The third kappa shape index (κ3) is 1.99. The van der Waals surface area contributed by atoms with E-state index in [1.165, 1.54) is 19.1 Å². The number of halogens is 2. The van der Waals surface area contributed by atoms with Crippen molar-refractivity contribution in [1.82, 2.24) is 0 Å². The molecule has 0 unspecified atom stereocenters. The fourth-order valence-corrected chi connectivity index (χ4v) is 1.48. The summed E-state index contributed by atoms with van der Waals surface area (Å²) in [5.41, 5.74) is 0.450. The lowest BCUT2D eigenvalue weighted by atomic mass is 10.1. The molecule has 1 aromatic rings. The molecule has 1 nitrogen and oxygen atoms in total. The molecule has 0 saturated carbocycles. The minimum atomic E-state index is -0.365. The van der Waals surface area contributed by atoms with Gasteiger partial charge in [-0.2, -0.15) is 0 Å². The van der Waals surface area contributed by atoms with Crippen molar-refractivity contribution >= 4 is 28.4 Å². The second-order valence-electron chi connectivity index (χ2n) is 2.18. The Morgan fingerprint density at radius 1 is 1.55 bits per heavy atom. The maximum absolute atomic E-state index is 12.6. The second kappa shape index (κ2) is 3.30. The number of hydrogen-bond acceptors (Lipinski definition) is 1. The summed E-state index contributed by atoms with van der Waals surface area (Å²) < 4.78 is 13.3. The summed E-state index contributed by atoms with van der Waals surface area (Å²) in [6, 6.07) is 4.19. The SMILES string of the molecule is CC(=O)c1cc(F)ccc1I. The van der Waals surface area contributed by atoms with Gasteiger partial charge in [0, 0.05) is 9.13 Å². The van der Waals surface area contributed by atoms with Gasteiger partial charge in [-0.3, -0.25) is 4.79 Å². The summed E-state index contributed by atoms with van der Waals surface area (Å²) in [6.07, 6.45) is 0. The predicted octanol–water partition coefficient (Wildman–Crippen LogP) is 2.63. The Morgan fingerprint density at radius 2 is 2.18 bits per heavy atom. The molecule has 1 rings (SSSR count). The van der Waals surface area contributed by atoms with Gasteiger partial charge in [-0.25, -0.2) is 4.39 Å². The van der Waals surface area contributed by atoms with Gasteiger partial charge in [0.2, 0.25) is 0 Å². The van der Waals surface area contributed by atoms with E-state index in [-0.39, 0.29) is 11.6 Å². The fraction of sp³-hybridized carbons (Fsp3) is 0.125. The number of rotatable bonds is 1. The van der Waals surface area contributed by atoms with Gasteiger partial charge in [-0.05, 0) is 47.7 Å². The smallest absolute Gasteiger partial charge is 0.160 e. The van der Waals surface area contributed by atoms with Crippen molar-refractivity contribution < 1.29 is 9.18 Å². The van der Waals surface area contributed by atoms with E-state index in [0.717, 1.165) is 3.57 Å². The van der Waals surface area contributed by atoms with E-state index in [1.807, 2.05) is 22.6 Å². The zero-order valence-electron chi connectivity index (χ0n) is 5.90. The lowest BCUT2D eigenvalue weighted by Gasteiger charge is -1.98. The minimum absolute atomic E-state index is 0.103. The van der Waals surface area contributed by atoms with Crippen LogP contribution in [0.4, 0.5) is 4.39 Å². The van der Waals surface area contributed by atoms with E-state index >= 15 is 0 Å². The van der Waals surface area contributed by atoms with Crippen LogP contribution in [0.3, 0.4) is 0 Å². The number of benzene rings is 1. The lowest BCUT2D eigenvalue weighted by molar-refractivity contribution is 0.101. The van der Waals surface area contributed by atoms with Crippen molar-refractivity contribution in [1.29, 1.82) is 0 Å². The maximum Gasteiger partial charge on any atom is 0.160 e. The quantitative estimate of drug-likeness (QED) is 0.563. The van der Waals surface area contributed by atoms with Gasteiger partial charge in [0.1, 0.15) is 5.82 Å². The first-order valence-corrected chi connectivity index (χ1v) is 4.15. The highest BCUT2D eigenvalue weighted by atomic mass is 127. The second-order valence-corrected chi connectivity index (χ2v) is 3.34. The molecule has 0 atom stereocenters. The molecule has 0 aromatic heterocycles. The van der Waals surface area contributed by atoms with Gasteiger partial charge >= 0.3 is 0 Å². The number of carbonyl (C=O) groups is 1. The van der Waals surface area contributed by atoms with Crippen LogP contribution in [0, 0.1) is 9.39 Å². The summed E-state index contributed by atoms with van der Waals surface area (Å²) in [5, 5.41) is 0. The molecule has 0 aliphatic heterocycles. The zero-order chi connectivity index (χ0) is 8.43. The maximum atomic E-state index is 12.6. The van der Waals surface area contributed by atoms with Crippen LogP contribution in [0.2, 0.25) is 0 Å². The molecule has 0 radical (unpaired) electrons. The van der Waals surface area contributed by atoms with E-state index < -0.39 is 0 Å². The molecular weight excluding hydrogens is 258 g/mol. The highest BCUT2D eigenvalue weighted by molar-refractivity contribution is 14.1. The molecule has 0 saturated heterocycles. The Kier molecular flexibility index (Phi) is 2.59. The summed E-state index contributed by atoms with van der Waals surface area (Å²) in [6.45, 7) is 1.43.